The zero-order valence-electron chi connectivity index (χ0n) is 13.0. The average molecular weight is 362 g/mol. The van der Waals surface area contributed by atoms with E-state index in [1.54, 1.807) is 24.3 Å². The quantitative estimate of drug-likeness (QED) is 0.600. The first-order valence-corrected chi connectivity index (χ1v) is 7.72. The third-order valence-corrected chi connectivity index (χ3v) is 3.78. The van der Waals surface area contributed by atoms with Gasteiger partial charge in [0.1, 0.15) is 0 Å². The Labute approximate surface area is 148 Å². The van der Waals surface area contributed by atoms with Crippen LogP contribution in [0, 0.1) is 16.0 Å². The number of nitrogens with zero attached hydrogens (tertiary/aromatic N) is 1. The van der Waals surface area contributed by atoms with E-state index in [0.717, 1.165) is 5.56 Å². The lowest BCUT2D eigenvalue weighted by molar-refractivity contribution is -0.384. The molecule has 130 valence electrons. The van der Waals surface area contributed by atoms with E-state index < -0.39 is 29.1 Å². The topological polar surface area (TPSA) is 112 Å². The van der Waals surface area contributed by atoms with Gasteiger partial charge in [-0.3, -0.25) is 14.9 Å². The molecule has 1 N–H and O–H groups in total. The second kappa shape index (κ2) is 8.25. The molecule has 0 radical (unpaired) electrons. The molecule has 25 heavy (non-hydrogen) atoms. The van der Waals surface area contributed by atoms with Crippen LogP contribution in [-0.4, -0.2) is 16.8 Å². The van der Waals surface area contributed by atoms with Gasteiger partial charge in [0.05, 0.1) is 4.92 Å². The third kappa shape index (κ3) is 5.58. The van der Waals surface area contributed by atoms with Crippen LogP contribution in [0.4, 0.5) is 11.4 Å². The number of nitro benzene ring substituents is 1. The molecule has 2 aromatic rings. The van der Waals surface area contributed by atoms with Gasteiger partial charge >= 0.3 is 0 Å². The Balaban J connectivity index is 2.10. The van der Waals surface area contributed by atoms with Crippen molar-refractivity contribution in [2.75, 3.05) is 5.32 Å². The van der Waals surface area contributed by atoms with Gasteiger partial charge in [0.25, 0.3) is 5.69 Å². The number of rotatable bonds is 7. The van der Waals surface area contributed by atoms with Crippen LogP contribution < -0.4 is 10.4 Å². The fraction of sp³-hybridized carbons (Fsp3) is 0.176. The van der Waals surface area contributed by atoms with Gasteiger partial charge in [-0.2, -0.15) is 0 Å². The Morgan fingerprint density at radius 1 is 1.08 bits per heavy atom. The number of carbonyl (C=O) groups is 2. The van der Waals surface area contributed by atoms with Gasteiger partial charge in [-0.1, -0.05) is 23.7 Å². The molecule has 2 rings (SSSR count). The molecule has 0 aromatic heterocycles. The number of carboxylic acid groups (broad SMARTS) is 1. The first-order valence-electron chi connectivity index (χ1n) is 7.35. The summed E-state index contributed by atoms with van der Waals surface area (Å²) in [6.45, 7) is 0. The minimum absolute atomic E-state index is 0.106. The Bertz CT molecular complexity index is 775. The number of nitrogens with one attached hydrogen (secondary N) is 1. The second-order valence-electron chi connectivity index (χ2n) is 5.40. The monoisotopic (exact) mass is 361 g/mol. The Morgan fingerprint density at radius 2 is 1.68 bits per heavy atom. The summed E-state index contributed by atoms with van der Waals surface area (Å²) in [5.74, 6) is -2.69. The summed E-state index contributed by atoms with van der Waals surface area (Å²) >= 11 is 5.81. The van der Waals surface area contributed by atoms with E-state index in [1.807, 2.05) is 0 Å². The van der Waals surface area contributed by atoms with Crippen molar-refractivity contribution in [3.63, 3.8) is 0 Å². The van der Waals surface area contributed by atoms with E-state index in [1.165, 1.54) is 24.3 Å². The SMILES string of the molecule is O=C([O-])C[C@@H](Cc1ccc(Cl)cc1)C(=O)Nc1ccc([N+](=O)[O-])cc1. The lowest BCUT2D eigenvalue weighted by atomic mass is 9.95. The van der Waals surface area contributed by atoms with Gasteiger partial charge in [-0.15, -0.1) is 0 Å². The minimum Gasteiger partial charge on any atom is -0.550 e. The maximum absolute atomic E-state index is 12.4. The highest BCUT2D eigenvalue weighted by atomic mass is 35.5. The van der Waals surface area contributed by atoms with Gasteiger partial charge < -0.3 is 15.2 Å². The number of anilines is 1. The van der Waals surface area contributed by atoms with E-state index in [0.29, 0.717) is 10.7 Å². The van der Waals surface area contributed by atoms with Crippen LogP contribution in [0.15, 0.2) is 48.5 Å². The first-order chi connectivity index (χ1) is 11.8. The van der Waals surface area contributed by atoms with Gasteiger partial charge in [0.2, 0.25) is 5.91 Å². The normalized spacial score (nSPS) is 11.6. The highest BCUT2D eigenvalue weighted by molar-refractivity contribution is 6.30. The van der Waals surface area contributed by atoms with Gasteiger partial charge in [-0.05, 0) is 42.7 Å². The van der Waals surface area contributed by atoms with Crippen LogP contribution in [0.2, 0.25) is 5.02 Å². The summed E-state index contributed by atoms with van der Waals surface area (Å²) in [7, 11) is 0. The molecule has 0 spiro atoms. The number of hydrogen-bond donors (Lipinski definition) is 1. The van der Waals surface area contributed by atoms with Gasteiger partial charge in [0, 0.05) is 34.7 Å². The number of non-ortho nitro benzene ring substituents is 1. The number of nitro groups is 1. The highest BCUT2D eigenvalue weighted by Crippen LogP contribution is 2.19. The molecule has 0 aliphatic heterocycles. The number of halogens is 1. The molecule has 7 nitrogen and oxygen atoms in total. The van der Waals surface area contributed by atoms with Crippen LogP contribution in [-0.2, 0) is 16.0 Å². The molecule has 2 aromatic carbocycles. The largest absolute Gasteiger partial charge is 0.550 e. The van der Waals surface area contributed by atoms with Gasteiger partial charge in [0.15, 0.2) is 0 Å². The second-order valence-corrected chi connectivity index (χ2v) is 5.83. The fourth-order valence-electron chi connectivity index (χ4n) is 2.27. The summed E-state index contributed by atoms with van der Waals surface area (Å²) in [6, 6.07) is 12.0. The molecule has 0 aliphatic carbocycles. The molecule has 0 aliphatic rings. The summed E-state index contributed by atoms with van der Waals surface area (Å²) < 4.78 is 0. The van der Waals surface area contributed by atoms with E-state index in [-0.39, 0.29) is 12.1 Å². The van der Waals surface area contributed by atoms with E-state index in [4.69, 9.17) is 11.6 Å². The fourth-order valence-corrected chi connectivity index (χ4v) is 2.40. The lowest BCUT2D eigenvalue weighted by Crippen LogP contribution is -2.32. The van der Waals surface area contributed by atoms with E-state index >= 15 is 0 Å². The molecule has 0 fully saturated rings. The van der Waals surface area contributed by atoms with Crippen molar-refractivity contribution in [1.82, 2.24) is 0 Å². The Kier molecular flexibility index (Phi) is 6.08. The zero-order chi connectivity index (χ0) is 18.4. The summed E-state index contributed by atoms with van der Waals surface area (Å²) in [4.78, 5) is 33.4. The zero-order valence-corrected chi connectivity index (χ0v) is 13.7. The van der Waals surface area contributed by atoms with Crippen molar-refractivity contribution >= 4 is 34.9 Å². The van der Waals surface area contributed by atoms with E-state index in [9.17, 15) is 24.8 Å². The highest BCUT2D eigenvalue weighted by Gasteiger charge is 2.20. The predicted molar refractivity (Wildman–Crippen MR) is 90.0 cm³/mol. The van der Waals surface area contributed by atoms with Crippen molar-refractivity contribution in [2.45, 2.75) is 12.8 Å². The number of carboxylic acids is 1. The molecule has 1 amide bonds. The van der Waals surface area contributed by atoms with Crippen LogP contribution in [0.5, 0.6) is 0 Å². The number of carbonyl (C=O) groups excluding carboxylic acids is 2. The van der Waals surface area contributed by atoms with Crippen LogP contribution in [0.25, 0.3) is 0 Å². The standard InChI is InChI=1S/C17H15ClN2O5/c18-13-3-1-11(2-4-13)9-12(10-16(21)22)17(23)19-14-5-7-15(8-6-14)20(24)25/h1-8,12H,9-10H2,(H,19,23)(H,21,22)/p-1/t12-/m1/s1. The number of benzene rings is 2. The molecule has 0 unspecified atom stereocenters. The molecular weight excluding hydrogens is 348 g/mol. The third-order valence-electron chi connectivity index (χ3n) is 3.52. The van der Waals surface area contributed by atoms with Crippen molar-refractivity contribution in [3.05, 3.63) is 69.2 Å². The van der Waals surface area contributed by atoms with Gasteiger partial charge in [-0.25, -0.2) is 0 Å². The minimum atomic E-state index is -1.34. The molecule has 8 heteroatoms. The Hall–Kier alpha value is -2.93. The molecule has 0 heterocycles. The summed E-state index contributed by atoms with van der Waals surface area (Å²) in [5, 5.41) is 24.7. The molecule has 0 bridgehead atoms. The van der Waals surface area contributed by atoms with Crippen molar-refractivity contribution in [2.24, 2.45) is 5.92 Å². The lowest BCUT2D eigenvalue weighted by Gasteiger charge is -2.17. The molecule has 1 atom stereocenters. The maximum Gasteiger partial charge on any atom is 0.269 e. The number of hydrogen-bond acceptors (Lipinski definition) is 5. The van der Waals surface area contributed by atoms with Crippen molar-refractivity contribution in [1.29, 1.82) is 0 Å². The van der Waals surface area contributed by atoms with Crippen LogP contribution >= 0.6 is 11.6 Å². The molecule has 0 saturated carbocycles. The predicted octanol–water partition coefficient (Wildman–Crippen LogP) is 2.19. The first kappa shape index (κ1) is 18.4. The van der Waals surface area contributed by atoms with Crippen molar-refractivity contribution in [3.8, 4) is 0 Å². The molecule has 0 saturated heterocycles. The van der Waals surface area contributed by atoms with Crippen molar-refractivity contribution < 1.29 is 19.6 Å². The summed E-state index contributed by atoms with van der Waals surface area (Å²) in [5.41, 5.74) is 0.995. The average Bonchev–Trinajstić information content (AvgIpc) is 2.56. The Morgan fingerprint density at radius 3 is 2.20 bits per heavy atom. The van der Waals surface area contributed by atoms with Crippen LogP contribution in [0.1, 0.15) is 12.0 Å². The number of amides is 1. The summed E-state index contributed by atoms with van der Waals surface area (Å²) in [6.07, 6.45) is -0.245. The number of aliphatic carboxylic acids is 1. The molecular formula is C17H14ClN2O5-. The maximum atomic E-state index is 12.4. The van der Waals surface area contributed by atoms with E-state index in [2.05, 4.69) is 5.32 Å². The smallest absolute Gasteiger partial charge is 0.269 e. The van der Waals surface area contributed by atoms with Crippen LogP contribution in [0.3, 0.4) is 0 Å².